The van der Waals surface area contributed by atoms with Crippen LogP contribution >= 0.6 is 0 Å². The number of likely N-dealkylation sites (tertiary alicyclic amines) is 1. The Kier molecular flexibility index (Phi) is 6.13. The van der Waals surface area contributed by atoms with Gasteiger partial charge >= 0.3 is 6.09 Å². The van der Waals surface area contributed by atoms with Crippen molar-refractivity contribution >= 4 is 17.7 Å². The number of nitrogen functional groups attached to an aromatic ring is 1. The Bertz CT molecular complexity index is 951. The number of carbonyl (C=O) groups excluding carboxylic acids is 2. The number of anilines is 1. The van der Waals surface area contributed by atoms with Gasteiger partial charge in [-0.25, -0.2) is 4.79 Å². The summed E-state index contributed by atoms with van der Waals surface area (Å²) in [5.74, 6) is 0.0899. The smallest absolute Gasteiger partial charge is 0.410 e. The lowest BCUT2D eigenvalue weighted by molar-refractivity contribution is 0.0142. The first kappa shape index (κ1) is 22.2. The Morgan fingerprint density at radius 1 is 0.875 bits per heavy atom. The molecule has 0 unspecified atom stereocenters. The fraction of sp³-hybridized carbons (Fsp3) is 0.462. The standard InChI is InChI=1S/C26H33N3O3/c1-26(2,3)32-25(31)28-16-14-23(15-17-28)29(22-12-13-22)24(30)20-6-4-18(5-7-20)19-8-10-21(27)11-9-19/h4-11,22-23H,12-17,27H2,1-3H3. The van der Waals surface area contributed by atoms with E-state index in [0.717, 1.165) is 42.5 Å². The minimum absolute atomic E-state index is 0.0899. The molecule has 1 heterocycles. The van der Waals surface area contributed by atoms with Gasteiger partial charge in [0.2, 0.25) is 0 Å². The largest absolute Gasteiger partial charge is 0.444 e. The van der Waals surface area contributed by atoms with Crippen LogP contribution < -0.4 is 5.73 Å². The molecule has 0 radical (unpaired) electrons. The van der Waals surface area contributed by atoms with Crippen molar-refractivity contribution in [1.29, 1.82) is 0 Å². The molecule has 0 bridgehead atoms. The van der Waals surface area contributed by atoms with E-state index in [0.29, 0.717) is 24.7 Å². The van der Waals surface area contributed by atoms with E-state index >= 15 is 0 Å². The van der Waals surface area contributed by atoms with Crippen LogP contribution in [0.1, 0.15) is 56.8 Å². The van der Waals surface area contributed by atoms with E-state index < -0.39 is 5.60 Å². The summed E-state index contributed by atoms with van der Waals surface area (Å²) < 4.78 is 5.50. The highest BCUT2D eigenvalue weighted by Gasteiger charge is 2.39. The van der Waals surface area contributed by atoms with Crippen molar-refractivity contribution in [3.8, 4) is 11.1 Å². The summed E-state index contributed by atoms with van der Waals surface area (Å²) in [6.07, 6.45) is 3.41. The van der Waals surface area contributed by atoms with Crippen molar-refractivity contribution in [1.82, 2.24) is 9.80 Å². The summed E-state index contributed by atoms with van der Waals surface area (Å²) in [5.41, 5.74) is 8.87. The topological polar surface area (TPSA) is 75.9 Å². The highest BCUT2D eigenvalue weighted by Crippen LogP contribution is 2.34. The maximum absolute atomic E-state index is 13.4. The average molecular weight is 436 g/mol. The lowest BCUT2D eigenvalue weighted by Crippen LogP contribution is -2.50. The van der Waals surface area contributed by atoms with Gasteiger partial charge in [-0.15, -0.1) is 0 Å². The summed E-state index contributed by atoms with van der Waals surface area (Å²) in [6, 6.07) is 16.0. The number of benzene rings is 2. The van der Waals surface area contributed by atoms with Crippen LogP contribution in [0.15, 0.2) is 48.5 Å². The molecular weight excluding hydrogens is 402 g/mol. The molecule has 1 aliphatic carbocycles. The average Bonchev–Trinajstić information content (AvgIpc) is 3.59. The number of rotatable bonds is 4. The second-order valence-electron chi connectivity index (χ2n) is 9.84. The van der Waals surface area contributed by atoms with Crippen molar-refractivity contribution in [2.24, 2.45) is 0 Å². The van der Waals surface area contributed by atoms with E-state index in [2.05, 4.69) is 4.90 Å². The Morgan fingerprint density at radius 3 is 1.88 bits per heavy atom. The number of amides is 2. The number of hydrogen-bond acceptors (Lipinski definition) is 4. The Balaban J connectivity index is 1.42. The van der Waals surface area contributed by atoms with Crippen molar-refractivity contribution in [2.45, 2.75) is 64.1 Å². The first-order chi connectivity index (χ1) is 15.2. The van der Waals surface area contributed by atoms with Gasteiger partial charge in [0.05, 0.1) is 0 Å². The number of hydrogen-bond donors (Lipinski definition) is 1. The third-order valence-electron chi connectivity index (χ3n) is 6.06. The maximum atomic E-state index is 13.4. The van der Waals surface area contributed by atoms with E-state index in [4.69, 9.17) is 10.5 Å². The highest BCUT2D eigenvalue weighted by molar-refractivity contribution is 5.95. The molecule has 2 N–H and O–H groups in total. The molecule has 2 aromatic rings. The molecule has 4 rings (SSSR count). The van der Waals surface area contributed by atoms with E-state index in [1.165, 1.54) is 0 Å². The monoisotopic (exact) mass is 435 g/mol. The van der Waals surface area contributed by atoms with Crippen LogP contribution in [0.4, 0.5) is 10.5 Å². The molecule has 1 saturated carbocycles. The minimum atomic E-state index is -0.498. The van der Waals surface area contributed by atoms with Crippen molar-refractivity contribution in [2.75, 3.05) is 18.8 Å². The number of piperidine rings is 1. The number of nitrogens with zero attached hydrogens (tertiary/aromatic N) is 2. The van der Waals surface area contributed by atoms with Crippen LogP contribution in [-0.4, -0.2) is 52.6 Å². The van der Waals surface area contributed by atoms with Crippen molar-refractivity contribution in [3.05, 3.63) is 54.1 Å². The fourth-order valence-corrected chi connectivity index (χ4v) is 4.27. The predicted molar refractivity (Wildman–Crippen MR) is 126 cm³/mol. The molecule has 0 atom stereocenters. The molecule has 6 heteroatoms. The molecule has 2 fully saturated rings. The first-order valence-electron chi connectivity index (χ1n) is 11.5. The molecule has 2 aliphatic rings. The third kappa shape index (κ3) is 5.23. The second kappa shape index (κ2) is 8.85. The van der Waals surface area contributed by atoms with Gasteiger partial charge in [0.25, 0.3) is 5.91 Å². The van der Waals surface area contributed by atoms with Gasteiger partial charge in [0.15, 0.2) is 0 Å². The lowest BCUT2D eigenvalue weighted by Gasteiger charge is -2.39. The van der Waals surface area contributed by atoms with E-state index in [1.54, 1.807) is 4.90 Å². The maximum Gasteiger partial charge on any atom is 0.410 e. The second-order valence-corrected chi connectivity index (χ2v) is 9.84. The minimum Gasteiger partial charge on any atom is -0.444 e. The predicted octanol–water partition coefficient (Wildman–Crippen LogP) is 4.94. The Morgan fingerprint density at radius 2 is 1.38 bits per heavy atom. The van der Waals surface area contributed by atoms with Crippen LogP contribution in [0, 0.1) is 0 Å². The van der Waals surface area contributed by atoms with Gasteiger partial charge < -0.3 is 20.3 Å². The molecular formula is C26H33N3O3. The highest BCUT2D eigenvalue weighted by atomic mass is 16.6. The lowest BCUT2D eigenvalue weighted by atomic mass is 10.00. The molecule has 170 valence electrons. The van der Waals surface area contributed by atoms with E-state index in [1.807, 2.05) is 69.3 Å². The molecule has 0 aromatic heterocycles. The third-order valence-corrected chi connectivity index (χ3v) is 6.06. The molecule has 2 amide bonds. The number of nitrogens with two attached hydrogens (primary N) is 1. The van der Waals surface area contributed by atoms with Gasteiger partial charge in [-0.3, -0.25) is 4.79 Å². The zero-order valence-electron chi connectivity index (χ0n) is 19.2. The fourth-order valence-electron chi connectivity index (χ4n) is 4.27. The van der Waals surface area contributed by atoms with Crippen molar-refractivity contribution < 1.29 is 14.3 Å². The summed E-state index contributed by atoms with van der Waals surface area (Å²) in [5, 5.41) is 0. The summed E-state index contributed by atoms with van der Waals surface area (Å²) in [4.78, 5) is 29.6. The van der Waals surface area contributed by atoms with Gasteiger partial charge in [-0.05, 0) is 81.8 Å². The zero-order valence-corrected chi connectivity index (χ0v) is 19.2. The summed E-state index contributed by atoms with van der Waals surface area (Å²) in [7, 11) is 0. The molecule has 32 heavy (non-hydrogen) atoms. The van der Waals surface area contributed by atoms with E-state index in [9.17, 15) is 9.59 Å². The molecule has 6 nitrogen and oxygen atoms in total. The normalized spacial score (nSPS) is 17.2. The van der Waals surface area contributed by atoms with Crippen LogP contribution in [-0.2, 0) is 4.74 Å². The van der Waals surface area contributed by atoms with Gasteiger partial charge in [-0.1, -0.05) is 24.3 Å². The Hall–Kier alpha value is -3.02. The summed E-state index contributed by atoms with van der Waals surface area (Å²) in [6.45, 7) is 6.87. The number of ether oxygens (including phenoxy) is 1. The van der Waals surface area contributed by atoms with Crippen LogP contribution in [0.3, 0.4) is 0 Å². The molecule has 2 aromatic carbocycles. The Labute approximate surface area is 190 Å². The first-order valence-corrected chi connectivity index (χ1v) is 11.5. The molecule has 1 aliphatic heterocycles. The van der Waals surface area contributed by atoms with Gasteiger partial charge in [0.1, 0.15) is 5.60 Å². The molecule has 1 saturated heterocycles. The van der Waals surface area contributed by atoms with Gasteiger partial charge in [-0.2, -0.15) is 0 Å². The number of carbonyl (C=O) groups is 2. The summed E-state index contributed by atoms with van der Waals surface area (Å²) >= 11 is 0. The zero-order chi connectivity index (χ0) is 22.9. The van der Waals surface area contributed by atoms with Crippen molar-refractivity contribution in [3.63, 3.8) is 0 Å². The van der Waals surface area contributed by atoms with E-state index in [-0.39, 0.29) is 18.0 Å². The van der Waals surface area contributed by atoms with Crippen LogP contribution in [0.5, 0.6) is 0 Å². The van der Waals surface area contributed by atoms with Crippen LogP contribution in [0.2, 0.25) is 0 Å². The molecule has 0 spiro atoms. The quantitative estimate of drug-likeness (QED) is 0.690. The SMILES string of the molecule is CC(C)(C)OC(=O)N1CCC(N(C(=O)c2ccc(-c3ccc(N)cc3)cc2)C2CC2)CC1. The van der Waals surface area contributed by atoms with Crippen LogP contribution in [0.25, 0.3) is 11.1 Å². The van der Waals surface area contributed by atoms with Gasteiger partial charge in [0, 0.05) is 36.4 Å².